The van der Waals surface area contributed by atoms with Crippen molar-refractivity contribution in [1.82, 2.24) is 15.2 Å². The monoisotopic (exact) mass is 236 g/mol. The van der Waals surface area contributed by atoms with E-state index in [-0.39, 0.29) is 6.04 Å². The molecule has 5 nitrogen and oxygen atoms in total. The van der Waals surface area contributed by atoms with Crippen LogP contribution in [0.2, 0.25) is 0 Å². The molecule has 2 rings (SSSR count). The zero-order valence-electron chi connectivity index (χ0n) is 9.04. The van der Waals surface area contributed by atoms with Crippen molar-refractivity contribution in [2.24, 2.45) is 5.73 Å². The lowest BCUT2D eigenvalue weighted by molar-refractivity contribution is 0.392. The first kappa shape index (κ1) is 11.0. The van der Waals surface area contributed by atoms with Crippen LogP contribution < -0.4 is 10.5 Å². The number of nitrogens with two attached hydrogens (primary N) is 1. The van der Waals surface area contributed by atoms with E-state index < -0.39 is 0 Å². The summed E-state index contributed by atoms with van der Waals surface area (Å²) in [4.78, 5) is 4.39. The van der Waals surface area contributed by atoms with E-state index in [1.165, 1.54) is 11.3 Å². The Bertz CT molecular complexity index is 466. The Morgan fingerprint density at radius 2 is 2.19 bits per heavy atom. The Morgan fingerprint density at radius 3 is 2.69 bits per heavy atom. The summed E-state index contributed by atoms with van der Waals surface area (Å²) in [6, 6.07) is 3.53. The van der Waals surface area contributed by atoms with Crippen LogP contribution in [0.1, 0.15) is 18.7 Å². The quantitative estimate of drug-likeness (QED) is 0.876. The summed E-state index contributed by atoms with van der Waals surface area (Å²) in [6.07, 6.45) is 0. The number of aromatic nitrogens is 3. The van der Waals surface area contributed by atoms with Crippen molar-refractivity contribution in [3.05, 3.63) is 23.2 Å². The fourth-order valence-electron chi connectivity index (χ4n) is 1.16. The van der Waals surface area contributed by atoms with Gasteiger partial charge in [0.05, 0.1) is 12.8 Å². The van der Waals surface area contributed by atoms with Gasteiger partial charge in [0.25, 0.3) is 0 Å². The molecule has 0 aliphatic heterocycles. The highest BCUT2D eigenvalue weighted by molar-refractivity contribution is 7.13. The summed E-state index contributed by atoms with van der Waals surface area (Å²) >= 11 is 1.51. The largest absolute Gasteiger partial charge is 0.480 e. The molecule has 0 aromatic carbocycles. The molecule has 2 aromatic rings. The second kappa shape index (κ2) is 4.54. The SMILES string of the molecule is COc1ccc(-c2nc(C(C)N)cs2)nn1. The van der Waals surface area contributed by atoms with Gasteiger partial charge in [0.1, 0.15) is 10.7 Å². The molecular weight excluding hydrogens is 224 g/mol. The normalized spacial score (nSPS) is 12.4. The van der Waals surface area contributed by atoms with Crippen LogP contribution >= 0.6 is 11.3 Å². The van der Waals surface area contributed by atoms with Gasteiger partial charge in [0.2, 0.25) is 5.88 Å². The van der Waals surface area contributed by atoms with E-state index in [0.29, 0.717) is 5.88 Å². The van der Waals surface area contributed by atoms with Crippen molar-refractivity contribution in [2.75, 3.05) is 7.11 Å². The Kier molecular flexibility index (Phi) is 3.12. The van der Waals surface area contributed by atoms with Gasteiger partial charge in [-0.3, -0.25) is 0 Å². The average Bonchev–Trinajstić information content (AvgIpc) is 2.78. The third-order valence-electron chi connectivity index (χ3n) is 2.06. The van der Waals surface area contributed by atoms with Crippen molar-refractivity contribution >= 4 is 11.3 Å². The minimum absolute atomic E-state index is 0.0591. The smallest absolute Gasteiger partial charge is 0.233 e. The zero-order valence-corrected chi connectivity index (χ0v) is 9.86. The first-order chi connectivity index (χ1) is 7.70. The van der Waals surface area contributed by atoms with Gasteiger partial charge < -0.3 is 10.5 Å². The summed E-state index contributed by atoms with van der Waals surface area (Å²) in [7, 11) is 1.56. The first-order valence-electron chi connectivity index (χ1n) is 4.80. The molecule has 1 atom stereocenters. The molecule has 0 amide bonds. The highest BCUT2D eigenvalue weighted by Crippen LogP contribution is 2.24. The third-order valence-corrected chi connectivity index (χ3v) is 2.94. The lowest BCUT2D eigenvalue weighted by Crippen LogP contribution is -2.04. The number of ether oxygens (including phenoxy) is 1. The van der Waals surface area contributed by atoms with Crippen LogP contribution in [-0.4, -0.2) is 22.3 Å². The molecule has 0 fully saturated rings. The number of rotatable bonds is 3. The third kappa shape index (κ3) is 2.17. The summed E-state index contributed by atoms with van der Waals surface area (Å²) in [5.41, 5.74) is 7.35. The number of hydrogen-bond donors (Lipinski definition) is 1. The molecule has 0 spiro atoms. The van der Waals surface area contributed by atoms with E-state index >= 15 is 0 Å². The molecule has 2 heterocycles. The molecule has 0 saturated carbocycles. The molecule has 16 heavy (non-hydrogen) atoms. The molecule has 2 aromatic heterocycles. The van der Waals surface area contributed by atoms with E-state index in [1.807, 2.05) is 18.4 Å². The number of hydrogen-bond acceptors (Lipinski definition) is 6. The summed E-state index contributed by atoms with van der Waals surface area (Å²) in [6.45, 7) is 1.90. The second-order valence-corrected chi connectivity index (χ2v) is 4.19. The lowest BCUT2D eigenvalue weighted by Gasteiger charge is -1.99. The Morgan fingerprint density at radius 1 is 1.38 bits per heavy atom. The van der Waals surface area contributed by atoms with Crippen molar-refractivity contribution in [3.63, 3.8) is 0 Å². The number of methoxy groups -OCH3 is 1. The number of thiazole rings is 1. The minimum atomic E-state index is -0.0591. The van der Waals surface area contributed by atoms with E-state index in [4.69, 9.17) is 10.5 Å². The standard InChI is InChI=1S/C10H12N4OS/c1-6(11)8-5-16-10(12-8)7-3-4-9(15-2)14-13-7/h3-6H,11H2,1-2H3. The van der Waals surface area contributed by atoms with Gasteiger partial charge in [-0.2, -0.15) is 0 Å². The molecule has 84 valence electrons. The van der Waals surface area contributed by atoms with Crippen LogP contribution in [0, 0.1) is 0 Å². The lowest BCUT2D eigenvalue weighted by atomic mass is 10.3. The highest BCUT2D eigenvalue weighted by Gasteiger charge is 2.09. The Hall–Kier alpha value is -1.53. The molecule has 0 saturated heterocycles. The van der Waals surface area contributed by atoms with Gasteiger partial charge in [0.15, 0.2) is 0 Å². The maximum atomic E-state index is 5.74. The van der Waals surface area contributed by atoms with Gasteiger partial charge in [-0.15, -0.1) is 21.5 Å². The van der Waals surface area contributed by atoms with Crippen molar-refractivity contribution in [2.45, 2.75) is 13.0 Å². The molecular formula is C10H12N4OS. The molecule has 2 N–H and O–H groups in total. The molecule has 0 bridgehead atoms. The summed E-state index contributed by atoms with van der Waals surface area (Å²) in [5.74, 6) is 0.493. The fourth-order valence-corrected chi connectivity index (χ4v) is 2.04. The molecule has 1 unspecified atom stereocenters. The highest BCUT2D eigenvalue weighted by atomic mass is 32.1. The van der Waals surface area contributed by atoms with Gasteiger partial charge in [-0.25, -0.2) is 4.98 Å². The summed E-state index contributed by atoms with van der Waals surface area (Å²) < 4.78 is 4.94. The van der Waals surface area contributed by atoms with E-state index in [0.717, 1.165) is 16.4 Å². The van der Waals surface area contributed by atoms with E-state index in [9.17, 15) is 0 Å². The van der Waals surface area contributed by atoms with Crippen LogP contribution in [-0.2, 0) is 0 Å². The van der Waals surface area contributed by atoms with Crippen molar-refractivity contribution < 1.29 is 4.74 Å². The fraction of sp³-hybridized carbons (Fsp3) is 0.300. The number of nitrogens with zero attached hydrogens (tertiary/aromatic N) is 3. The topological polar surface area (TPSA) is 73.9 Å². The summed E-state index contributed by atoms with van der Waals surface area (Å²) in [5, 5.41) is 10.7. The molecule has 0 aliphatic rings. The maximum Gasteiger partial charge on any atom is 0.233 e. The van der Waals surface area contributed by atoms with Crippen LogP contribution in [0.25, 0.3) is 10.7 Å². The minimum Gasteiger partial charge on any atom is -0.480 e. The van der Waals surface area contributed by atoms with Crippen LogP contribution in [0.4, 0.5) is 0 Å². The molecule has 0 radical (unpaired) electrons. The van der Waals surface area contributed by atoms with Crippen molar-refractivity contribution in [3.8, 4) is 16.6 Å². The van der Waals surface area contributed by atoms with E-state index in [1.54, 1.807) is 13.2 Å². The van der Waals surface area contributed by atoms with Crippen LogP contribution in [0.3, 0.4) is 0 Å². The van der Waals surface area contributed by atoms with E-state index in [2.05, 4.69) is 15.2 Å². The average molecular weight is 236 g/mol. The predicted molar refractivity (Wildman–Crippen MR) is 62.3 cm³/mol. The van der Waals surface area contributed by atoms with Gasteiger partial charge >= 0.3 is 0 Å². The second-order valence-electron chi connectivity index (χ2n) is 3.33. The van der Waals surface area contributed by atoms with Gasteiger partial charge in [-0.05, 0) is 13.0 Å². The van der Waals surface area contributed by atoms with Gasteiger partial charge in [0, 0.05) is 17.5 Å². The zero-order chi connectivity index (χ0) is 11.5. The maximum absolute atomic E-state index is 5.74. The van der Waals surface area contributed by atoms with Crippen LogP contribution in [0.15, 0.2) is 17.5 Å². The molecule has 6 heteroatoms. The Balaban J connectivity index is 2.28. The van der Waals surface area contributed by atoms with Gasteiger partial charge in [-0.1, -0.05) is 0 Å². The predicted octanol–water partition coefficient (Wildman–Crippen LogP) is 1.63. The van der Waals surface area contributed by atoms with Crippen LogP contribution in [0.5, 0.6) is 5.88 Å². The first-order valence-corrected chi connectivity index (χ1v) is 5.67. The molecule has 0 aliphatic carbocycles. The van der Waals surface area contributed by atoms with Crippen molar-refractivity contribution in [1.29, 1.82) is 0 Å². The Labute approximate surface area is 97.3 Å².